The molecule has 2 aromatic carbocycles. The van der Waals surface area contributed by atoms with Crippen LogP contribution in [0.25, 0.3) is 11.0 Å². The van der Waals surface area contributed by atoms with Crippen molar-refractivity contribution >= 4 is 28.1 Å². The first-order chi connectivity index (χ1) is 9.52. The number of aromatic nitrogens is 2. The number of benzene rings is 2. The van der Waals surface area contributed by atoms with Crippen molar-refractivity contribution in [3.8, 4) is 0 Å². The summed E-state index contributed by atoms with van der Waals surface area (Å²) in [5.74, 6) is 0. The summed E-state index contributed by atoms with van der Waals surface area (Å²) in [6.07, 6.45) is 0. The van der Waals surface area contributed by atoms with Crippen molar-refractivity contribution in [3.05, 3.63) is 51.9 Å². The van der Waals surface area contributed by atoms with Crippen LogP contribution in [0.2, 0.25) is 0 Å². The lowest BCUT2D eigenvalue weighted by atomic mass is 10.1. The van der Waals surface area contributed by atoms with Gasteiger partial charge in [-0.15, -0.1) is 0 Å². The number of hydrogen-bond acceptors (Lipinski definition) is 3. The second-order valence-electron chi connectivity index (χ2n) is 4.99. The summed E-state index contributed by atoms with van der Waals surface area (Å²) in [5.41, 5.74) is 12.2. The minimum atomic E-state index is -0.206. The van der Waals surface area contributed by atoms with Crippen molar-refractivity contribution in [2.45, 2.75) is 13.8 Å². The van der Waals surface area contributed by atoms with Gasteiger partial charge in [0.05, 0.1) is 22.4 Å². The third-order valence-electron chi connectivity index (χ3n) is 3.46. The van der Waals surface area contributed by atoms with Gasteiger partial charge in [0, 0.05) is 5.69 Å². The van der Waals surface area contributed by atoms with Crippen LogP contribution in [0.5, 0.6) is 0 Å². The zero-order valence-electron chi connectivity index (χ0n) is 11.4. The molecule has 0 bridgehead atoms. The lowest BCUT2D eigenvalue weighted by molar-refractivity contribution is 1.22. The van der Waals surface area contributed by atoms with Crippen molar-refractivity contribution in [1.29, 1.82) is 0 Å². The minimum Gasteiger partial charge on any atom is -0.397 e. The first-order valence-electron chi connectivity index (χ1n) is 6.39. The Kier molecular flexibility index (Phi) is 2.75. The van der Waals surface area contributed by atoms with E-state index in [9.17, 15) is 4.79 Å². The molecule has 5 nitrogen and oxygen atoms in total. The summed E-state index contributed by atoms with van der Waals surface area (Å²) in [7, 11) is 0. The van der Waals surface area contributed by atoms with Gasteiger partial charge in [0.2, 0.25) is 0 Å². The fourth-order valence-electron chi connectivity index (χ4n) is 2.21. The third-order valence-corrected chi connectivity index (χ3v) is 3.46. The Hall–Kier alpha value is -2.69. The molecule has 5 N–H and O–H groups in total. The summed E-state index contributed by atoms with van der Waals surface area (Å²) in [6.45, 7) is 4.08. The summed E-state index contributed by atoms with van der Waals surface area (Å²) in [6, 6.07) is 9.61. The molecule has 3 aromatic rings. The summed E-state index contributed by atoms with van der Waals surface area (Å²) < 4.78 is 0. The van der Waals surface area contributed by atoms with Crippen LogP contribution in [0.1, 0.15) is 11.1 Å². The highest BCUT2D eigenvalue weighted by atomic mass is 16.1. The van der Waals surface area contributed by atoms with E-state index in [4.69, 9.17) is 5.73 Å². The molecule has 0 aliphatic heterocycles. The molecule has 1 heterocycles. The molecule has 0 fully saturated rings. The zero-order chi connectivity index (χ0) is 14.3. The fraction of sp³-hybridized carbons (Fsp3) is 0.133. The molecule has 0 saturated heterocycles. The van der Waals surface area contributed by atoms with E-state index in [1.54, 1.807) is 0 Å². The van der Waals surface area contributed by atoms with E-state index in [-0.39, 0.29) is 5.69 Å². The van der Waals surface area contributed by atoms with Crippen LogP contribution in [-0.4, -0.2) is 9.97 Å². The van der Waals surface area contributed by atoms with Crippen LogP contribution in [0, 0.1) is 13.8 Å². The quantitative estimate of drug-likeness (QED) is 0.539. The van der Waals surface area contributed by atoms with Crippen LogP contribution in [0.3, 0.4) is 0 Å². The van der Waals surface area contributed by atoms with E-state index in [0.29, 0.717) is 5.69 Å². The van der Waals surface area contributed by atoms with Gasteiger partial charge >= 0.3 is 5.69 Å². The number of aromatic amines is 2. The summed E-state index contributed by atoms with van der Waals surface area (Å²) in [5, 5.41) is 3.28. The van der Waals surface area contributed by atoms with Gasteiger partial charge in [0.1, 0.15) is 0 Å². The first kappa shape index (κ1) is 12.3. The van der Waals surface area contributed by atoms with Crippen LogP contribution >= 0.6 is 0 Å². The topological polar surface area (TPSA) is 86.7 Å². The summed E-state index contributed by atoms with van der Waals surface area (Å²) in [4.78, 5) is 16.7. The minimum absolute atomic E-state index is 0.206. The molecule has 0 aliphatic carbocycles. The zero-order valence-corrected chi connectivity index (χ0v) is 11.4. The number of rotatable bonds is 2. The van der Waals surface area contributed by atoms with Gasteiger partial charge < -0.3 is 21.0 Å². The molecule has 0 radical (unpaired) electrons. The van der Waals surface area contributed by atoms with Crippen LogP contribution in [0.4, 0.5) is 17.1 Å². The lowest BCUT2D eigenvalue weighted by Gasteiger charge is -2.12. The maximum Gasteiger partial charge on any atom is 0.323 e. The molecular weight excluding hydrogens is 252 g/mol. The largest absolute Gasteiger partial charge is 0.397 e. The Morgan fingerprint density at radius 1 is 1.00 bits per heavy atom. The maximum atomic E-state index is 11.2. The van der Waals surface area contributed by atoms with Gasteiger partial charge in [0.15, 0.2) is 0 Å². The van der Waals surface area contributed by atoms with Gasteiger partial charge in [-0.25, -0.2) is 4.79 Å². The Bertz CT molecular complexity index is 845. The van der Waals surface area contributed by atoms with Gasteiger partial charge in [-0.05, 0) is 55.3 Å². The van der Waals surface area contributed by atoms with Gasteiger partial charge in [-0.3, -0.25) is 0 Å². The fourth-order valence-corrected chi connectivity index (χ4v) is 2.21. The van der Waals surface area contributed by atoms with Gasteiger partial charge in [-0.2, -0.15) is 0 Å². The lowest BCUT2D eigenvalue weighted by Crippen LogP contribution is -1.99. The van der Waals surface area contributed by atoms with Crippen molar-refractivity contribution in [1.82, 2.24) is 9.97 Å². The molecule has 0 spiro atoms. The van der Waals surface area contributed by atoms with Crippen molar-refractivity contribution < 1.29 is 0 Å². The van der Waals surface area contributed by atoms with Gasteiger partial charge in [-0.1, -0.05) is 0 Å². The molecule has 0 unspecified atom stereocenters. The number of hydrogen-bond donors (Lipinski definition) is 4. The highest BCUT2D eigenvalue weighted by Crippen LogP contribution is 2.27. The highest BCUT2D eigenvalue weighted by Gasteiger charge is 2.05. The Morgan fingerprint density at radius 3 is 2.50 bits per heavy atom. The summed E-state index contributed by atoms with van der Waals surface area (Å²) >= 11 is 0. The second-order valence-corrected chi connectivity index (χ2v) is 4.99. The Labute approximate surface area is 115 Å². The number of nitrogens with two attached hydrogens (primary N) is 1. The molecule has 102 valence electrons. The maximum absolute atomic E-state index is 11.2. The average molecular weight is 268 g/mol. The SMILES string of the molecule is Cc1cc(N)c(Nc2ccc3[nH]c(=O)[nH]c3c2)cc1C. The van der Waals surface area contributed by atoms with Crippen LogP contribution in [-0.2, 0) is 0 Å². The number of H-pyrrole nitrogens is 2. The Morgan fingerprint density at radius 2 is 1.70 bits per heavy atom. The second kappa shape index (κ2) is 4.45. The third kappa shape index (κ3) is 2.14. The van der Waals surface area contributed by atoms with E-state index < -0.39 is 0 Å². The molecular formula is C15H16N4O. The Balaban J connectivity index is 2.00. The van der Waals surface area contributed by atoms with Crippen molar-refractivity contribution in [3.63, 3.8) is 0 Å². The van der Waals surface area contributed by atoms with Crippen LogP contribution in [0.15, 0.2) is 35.1 Å². The van der Waals surface area contributed by atoms with E-state index in [0.717, 1.165) is 22.4 Å². The van der Waals surface area contributed by atoms with E-state index in [1.807, 2.05) is 44.2 Å². The van der Waals surface area contributed by atoms with Crippen molar-refractivity contribution in [2.75, 3.05) is 11.1 Å². The molecule has 0 saturated carbocycles. The smallest absolute Gasteiger partial charge is 0.323 e. The predicted octanol–water partition coefficient (Wildman–Crippen LogP) is 2.80. The number of nitrogen functional groups attached to an aromatic ring is 1. The number of nitrogens with one attached hydrogen (secondary N) is 3. The number of imidazole rings is 1. The van der Waals surface area contributed by atoms with E-state index >= 15 is 0 Å². The average Bonchev–Trinajstić information content (AvgIpc) is 2.75. The molecule has 5 heteroatoms. The monoisotopic (exact) mass is 268 g/mol. The van der Waals surface area contributed by atoms with Gasteiger partial charge in [0.25, 0.3) is 0 Å². The highest BCUT2D eigenvalue weighted by molar-refractivity contribution is 5.82. The first-order valence-corrected chi connectivity index (χ1v) is 6.39. The standard InChI is InChI=1S/C15H16N4O/c1-8-5-11(16)13(6-9(8)2)17-10-3-4-12-14(7-10)19-15(20)18-12/h3-7,17H,16H2,1-2H3,(H2,18,19,20). The molecule has 0 amide bonds. The number of aryl methyl sites for hydroxylation is 2. The molecule has 0 atom stereocenters. The predicted molar refractivity (Wildman–Crippen MR) is 82.5 cm³/mol. The number of anilines is 3. The van der Waals surface area contributed by atoms with E-state index in [2.05, 4.69) is 15.3 Å². The molecule has 3 rings (SSSR count). The molecule has 1 aromatic heterocycles. The van der Waals surface area contributed by atoms with E-state index in [1.165, 1.54) is 11.1 Å². The molecule has 20 heavy (non-hydrogen) atoms. The molecule has 0 aliphatic rings. The number of fused-ring (bicyclic) bond motifs is 1. The van der Waals surface area contributed by atoms with Crippen molar-refractivity contribution in [2.24, 2.45) is 0 Å². The van der Waals surface area contributed by atoms with Crippen LogP contribution < -0.4 is 16.7 Å². The normalized spacial score (nSPS) is 10.9.